The van der Waals surface area contributed by atoms with E-state index in [4.69, 9.17) is 4.52 Å². The molecule has 1 aromatic carbocycles. The van der Waals surface area contributed by atoms with Gasteiger partial charge in [-0.15, -0.1) is 0 Å². The number of hydrogen-bond donors (Lipinski definition) is 1. The Bertz CT molecular complexity index is 784. The Kier molecular flexibility index (Phi) is 3.75. The summed E-state index contributed by atoms with van der Waals surface area (Å²) < 4.78 is 5.26. The van der Waals surface area contributed by atoms with Gasteiger partial charge in [0.1, 0.15) is 11.7 Å². The lowest BCUT2D eigenvalue weighted by atomic mass is 9.84. The van der Waals surface area contributed by atoms with Crippen molar-refractivity contribution in [1.82, 2.24) is 10.1 Å². The summed E-state index contributed by atoms with van der Waals surface area (Å²) in [5.74, 6) is -0.739. The van der Waals surface area contributed by atoms with Crippen molar-refractivity contribution in [3.05, 3.63) is 30.0 Å². The molecule has 1 aliphatic heterocycles. The minimum Gasteiger partial charge on any atom is -0.480 e. The van der Waals surface area contributed by atoms with Crippen molar-refractivity contribution in [2.75, 3.05) is 0 Å². The second-order valence-electron chi connectivity index (χ2n) is 6.80. The van der Waals surface area contributed by atoms with E-state index in [-0.39, 0.29) is 18.4 Å². The summed E-state index contributed by atoms with van der Waals surface area (Å²) in [5, 5.41) is 14.4. The maximum atomic E-state index is 12.9. The van der Waals surface area contributed by atoms with Crippen molar-refractivity contribution in [3.63, 3.8) is 0 Å². The Morgan fingerprint density at radius 1 is 1.25 bits per heavy atom. The van der Waals surface area contributed by atoms with Gasteiger partial charge in [-0.05, 0) is 37.3 Å². The third-order valence-electron chi connectivity index (χ3n) is 5.43. The van der Waals surface area contributed by atoms with E-state index in [1.54, 1.807) is 4.90 Å². The van der Waals surface area contributed by atoms with Gasteiger partial charge in [-0.3, -0.25) is 4.79 Å². The van der Waals surface area contributed by atoms with Crippen LogP contribution in [-0.2, 0) is 16.0 Å². The highest BCUT2D eigenvalue weighted by Crippen LogP contribution is 2.40. The highest BCUT2D eigenvalue weighted by atomic mass is 16.5. The monoisotopic (exact) mass is 328 g/mol. The number of likely N-dealkylation sites (tertiary alicyclic amines) is 1. The number of amides is 1. The Labute approximate surface area is 139 Å². The normalized spacial score (nSPS) is 26.5. The smallest absolute Gasteiger partial charge is 0.326 e. The van der Waals surface area contributed by atoms with Crippen LogP contribution in [0.5, 0.6) is 0 Å². The predicted molar refractivity (Wildman–Crippen MR) is 86.3 cm³/mol. The van der Waals surface area contributed by atoms with Crippen molar-refractivity contribution in [2.24, 2.45) is 5.92 Å². The molecule has 6 nitrogen and oxygen atoms in total. The number of nitrogens with zero attached hydrogens (tertiary/aromatic N) is 2. The number of carboxylic acids is 1. The molecule has 1 aliphatic carbocycles. The number of fused-ring (bicyclic) bond motifs is 2. The number of carbonyl (C=O) groups is 2. The van der Waals surface area contributed by atoms with Gasteiger partial charge in [0.25, 0.3) is 0 Å². The van der Waals surface area contributed by atoms with Crippen molar-refractivity contribution < 1.29 is 19.2 Å². The summed E-state index contributed by atoms with van der Waals surface area (Å²) in [4.78, 5) is 26.2. The topological polar surface area (TPSA) is 83.6 Å². The fraction of sp³-hybridized carbons (Fsp3) is 0.500. The van der Waals surface area contributed by atoms with Gasteiger partial charge in [0.2, 0.25) is 5.91 Å². The second-order valence-corrected chi connectivity index (χ2v) is 6.80. The molecule has 4 rings (SSSR count). The van der Waals surface area contributed by atoms with Gasteiger partial charge in [-0.2, -0.15) is 0 Å². The lowest BCUT2D eigenvalue weighted by Crippen LogP contribution is -2.46. The number of carboxylic acid groups (broad SMARTS) is 1. The summed E-state index contributed by atoms with van der Waals surface area (Å²) in [6.45, 7) is 0. The Morgan fingerprint density at radius 3 is 2.88 bits per heavy atom. The molecule has 126 valence electrons. The van der Waals surface area contributed by atoms with Crippen LogP contribution in [0.4, 0.5) is 0 Å². The van der Waals surface area contributed by atoms with Crippen molar-refractivity contribution >= 4 is 22.8 Å². The third kappa shape index (κ3) is 2.46. The highest BCUT2D eigenvalue weighted by molar-refractivity contribution is 5.89. The molecule has 0 spiro atoms. The first-order valence-electron chi connectivity index (χ1n) is 8.52. The molecule has 3 atom stereocenters. The van der Waals surface area contributed by atoms with E-state index in [9.17, 15) is 14.7 Å². The standard InChI is InChI=1S/C18H20N2O4/c21-17(10-13-12-6-2-4-8-16(12)24-19-13)20-14-7-3-1-5-11(14)9-15(20)18(22)23/h2,4,6,8,11,14-15H,1,3,5,7,9-10H2,(H,22,23). The molecular weight excluding hydrogens is 308 g/mol. The number of aromatic nitrogens is 1. The first kappa shape index (κ1) is 15.2. The van der Waals surface area contributed by atoms with Crippen LogP contribution in [0.15, 0.2) is 28.8 Å². The predicted octanol–water partition coefficient (Wildman–Crippen LogP) is 2.61. The first-order valence-corrected chi connectivity index (χ1v) is 8.52. The summed E-state index contributed by atoms with van der Waals surface area (Å²) >= 11 is 0. The fourth-order valence-corrected chi connectivity index (χ4v) is 4.34. The van der Waals surface area contributed by atoms with Gasteiger partial charge in [0, 0.05) is 11.4 Å². The van der Waals surface area contributed by atoms with Gasteiger partial charge in [0.15, 0.2) is 5.58 Å². The zero-order chi connectivity index (χ0) is 16.7. The number of rotatable bonds is 3. The summed E-state index contributed by atoms with van der Waals surface area (Å²) in [6.07, 6.45) is 4.77. The molecular formula is C18H20N2O4. The largest absolute Gasteiger partial charge is 0.480 e. The van der Waals surface area contributed by atoms with E-state index < -0.39 is 12.0 Å². The lowest BCUT2D eigenvalue weighted by molar-refractivity contribution is -0.149. The van der Waals surface area contributed by atoms with E-state index in [0.717, 1.165) is 31.1 Å². The zero-order valence-corrected chi connectivity index (χ0v) is 13.4. The Hall–Kier alpha value is -2.37. The molecule has 2 fully saturated rings. The number of carbonyl (C=O) groups excluding carboxylic acids is 1. The van der Waals surface area contributed by atoms with Gasteiger partial charge in [-0.25, -0.2) is 4.79 Å². The number of benzene rings is 1. The zero-order valence-electron chi connectivity index (χ0n) is 13.4. The highest BCUT2D eigenvalue weighted by Gasteiger charge is 2.47. The molecule has 0 bridgehead atoms. The number of hydrogen-bond acceptors (Lipinski definition) is 4. The molecule has 1 aromatic heterocycles. The molecule has 24 heavy (non-hydrogen) atoms. The Morgan fingerprint density at radius 2 is 2.04 bits per heavy atom. The van der Waals surface area contributed by atoms with Crippen LogP contribution in [0, 0.1) is 5.92 Å². The van der Waals surface area contributed by atoms with E-state index in [2.05, 4.69) is 5.16 Å². The average Bonchev–Trinajstić information content (AvgIpc) is 3.16. The number of para-hydroxylation sites is 1. The van der Waals surface area contributed by atoms with E-state index in [0.29, 0.717) is 23.6 Å². The van der Waals surface area contributed by atoms with Crippen molar-refractivity contribution in [1.29, 1.82) is 0 Å². The fourth-order valence-electron chi connectivity index (χ4n) is 4.34. The third-order valence-corrected chi connectivity index (χ3v) is 5.43. The molecule has 1 N–H and O–H groups in total. The number of aliphatic carboxylic acids is 1. The molecule has 2 aromatic rings. The van der Waals surface area contributed by atoms with Crippen molar-refractivity contribution in [3.8, 4) is 0 Å². The van der Waals surface area contributed by atoms with Crippen LogP contribution < -0.4 is 0 Å². The maximum absolute atomic E-state index is 12.9. The molecule has 6 heteroatoms. The minimum atomic E-state index is -0.900. The van der Waals surface area contributed by atoms with E-state index in [1.165, 1.54) is 0 Å². The van der Waals surface area contributed by atoms with Crippen LogP contribution in [0.1, 0.15) is 37.8 Å². The Balaban J connectivity index is 1.60. The van der Waals surface area contributed by atoms with Gasteiger partial charge in [0.05, 0.1) is 6.42 Å². The van der Waals surface area contributed by atoms with Crippen LogP contribution in [0.3, 0.4) is 0 Å². The van der Waals surface area contributed by atoms with Crippen molar-refractivity contribution in [2.45, 2.75) is 50.6 Å². The quantitative estimate of drug-likeness (QED) is 0.936. The second kappa shape index (κ2) is 5.92. The summed E-state index contributed by atoms with van der Waals surface area (Å²) in [7, 11) is 0. The van der Waals surface area contributed by atoms with E-state index in [1.807, 2.05) is 24.3 Å². The van der Waals surface area contributed by atoms with Crippen LogP contribution >= 0.6 is 0 Å². The molecule has 2 aliphatic rings. The van der Waals surface area contributed by atoms with Crippen LogP contribution in [0.25, 0.3) is 11.0 Å². The van der Waals surface area contributed by atoms with Gasteiger partial charge in [-0.1, -0.05) is 30.1 Å². The molecule has 3 unspecified atom stereocenters. The molecule has 2 heterocycles. The lowest BCUT2D eigenvalue weighted by Gasteiger charge is -2.32. The molecule has 1 saturated carbocycles. The maximum Gasteiger partial charge on any atom is 0.326 e. The van der Waals surface area contributed by atoms with Crippen LogP contribution in [-0.4, -0.2) is 39.1 Å². The molecule has 1 amide bonds. The summed E-state index contributed by atoms with van der Waals surface area (Å²) in [6, 6.07) is 6.77. The summed E-state index contributed by atoms with van der Waals surface area (Å²) in [5.41, 5.74) is 1.23. The molecule has 1 saturated heterocycles. The van der Waals surface area contributed by atoms with E-state index >= 15 is 0 Å². The van der Waals surface area contributed by atoms with Gasteiger partial charge < -0.3 is 14.5 Å². The van der Waals surface area contributed by atoms with Gasteiger partial charge >= 0.3 is 5.97 Å². The van der Waals surface area contributed by atoms with Crippen LogP contribution in [0.2, 0.25) is 0 Å². The first-order chi connectivity index (χ1) is 11.6. The SMILES string of the molecule is O=C(O)C1CC2CCCCC2N1C(=O)Cc1noc2ccccc12. The average molecular weight is 328 g/mol. The minimum absolute atomic E-state index is 0.0607. The molecule has 0 radical (unpaired) electrons.